The lowest BCUT2D eigenvalue weighted by atomic mass is 9.45. The fourth-order valence-corrected chi connectivity index (χ4v) is 8.25. The zero-order chi connectivity index (χ0) is 17.5. The van der Waals surface area contributed by atoms with Crippen molar-refractivity contribution in [1.82, 2.24) is 0 Å². The van der Waals surface area contributed by atoms with Crippen LogP contribution in [0.4, 0.5) is 0 Å². The summed E-state index contributed by atoms with van der Waals surface area (Å²) in [5.74, 6) is 4.43. The minimum atomic E-state index is 0.317. The molecule has 0 radical (unpaired) electrons. The second kappa shape index (κ2) is 6.76. The molecule has 0 aliphatic heterocycles. The third kappa shape index (κ3) is 2.52. The lowest BCUT2D eigenvalue weighted by Gasteiger charge is -2.60. The molecule has 3 fully saturated rings. The van der Waals surface area contributed by atoms with Crippen molar-refractivity contribution in [3.8, 4) is 0 Å². The normalized spacial score (nSPS) is 48.0. The summed E-state index contributed by atoms with van der Waals surface area (Å²) in [4.78, 5) is 12.3. The Morgan fingerprint density at radius 1 is 1.00 bits per heavy atom. The van der Waals surface area contributed by atoms with Crippen LogP contribution in [0, 0.1) is 40.4 Å². The number of fused-ring (bicyclic) bond motifs is 3. The molecule has 0 aromatic carbocycles. The molecule has 0 amide bonds. The number of ketones is 1. The van der Waals surface area contributed by atoms with E-state index in [1.165, 1.54) is 64.2 Å². The summed E-state index contributed by atoms with van der Waals surface area (Å²) in [6.07, 6.45) is 13.6. The molecule has 24 heavy (non-hydrogen) atoms. The van der Waals surface area contributed by atoms with Gasteiger partial charge in [-0.25, -0.2) is 0 Å². The van der Waals surface area contributed by atoms with E-state index in [4.69, 9.17) is 0 Å². The van der Waals surface area contributed by atoms with Crippen LogP contribution in [0.5, 0.6) is 0 Å². The van der Waals surface area contributed by atoms with Gasteiger partial charge in [0.15, 0.2) is 0 Å². The van der Waals surface area contributed by atoms with Gasteiger partial charge in [0.05, 0.1) is 0 Å². The maximum Gasteiger partial charge on any atom is 0.133 e. The number of rotatable bonds is 5. The summed E-state index contributed by atoms with van der Waals surface area (Å²) in [6.45, 7) is 11.6. The first kappa shape index (κ1) is 18.5. The van der Waals surface area contributed by atoms with E-state index in [-0.39, 0.29) is 0 Å². The van der Waals surface area contributed by atoms with E-state index in [1.807, 2.05) is 6.92 Å². The molecule has 0 aromatic rings. The molecule has 0 aromatic heterocycles. The Bertz CT molecular complexity index is 469. The highest BCUT2D eigenvalue weighted by atomic mass is 16.1. The Kier molecular flexibility index (Phi) is 5.20. The molecule has 0 N–H and O–H groups in total. The second-order valence-electron chi connectivity index (χ2n) is 9.68. The Balaban J connectivity index is 1.92. The van der Waals surface area contributed by atoms with Crippen LogP contribution in [0.2, 0.25) is 0 Å². The molecule has 0 bridgehead atoms. The first-order chi connectivity index (χ1) is 11.4. The zero-order valence-electron chi connectivity index (χ0n) is 16.9. The van der Waals surface area contributed by atoms with Gasteiger partial charge in [-0.15, -0.1) is 0 Å². The van der Waals surface area contributed by atoms with Crippen molar-refractivity contribution in [2.75, 3.05) is 0 Å². The lowest BCUT2D eigenvalue weighted by Crippen LogP contribution is -2.53. The molecule has 3 saturated carbocycles. The summed E-state index contributed by atoms with van der Waals surface area (Å²) in [6, 6.07) is 0. The number of hydrogen-bond acceptors (Lipinski definition) is 1. The zero-order valence-corrected chi connectivity index (χ0v) is 16.9. The van der Waals surface area contributed by atoms with Crippen LogP contribution in [0.25, 0.3) is 0 Å². The fourth-order valence-electron chi connectivity index (χ4n) is 8.25. The Morgan fingerprint density at radius 3 is 2.33 bits per heavy atom. The number of hydrogen-bond donors (Lipinski definition) is 0. The van der Waals surface area contributed by atoms with Crippen molar-refractivity contribution >= 4 is 5.78 Å². The van der Waals surface area contributed by atoms with Crippen LogP contribution >= 0.6 is 0 Å². The average Bonchev–Trinajstić information content (AvgIpc) is 2.92. The summed E-state index contributed by atoms with van der Waals surface area (Å²) in [7, 11) is 0. The summed E-state index contributed by atoms with van der Waals surface area (Å²) < 4.78 is 0. The van der Waals surface area contributed by atoms with E-state index in [2.05, 4.69) is 27.7 Å². The minimum Gasteiger partial charge on any atom is -0.300 e. The van der Waals surface area contributed by atoms with Crippen molar-refractivity contribution in [2.24, 2.45) is 40.4 Å². The van der Waals surface area contributed by atoms with Gasteiger partial charge >= 0.3 is 0 Å². The van der Waals surface area contributed by atoms with Gasteiger partial charge in [-0.3, -0.25) is 4.79 Å². The van der Waals surface area contributed by atoms with Crippen LogP contribution in [0.15, 0.2) is 0 Å². The maximum atomic E-state index is 12.3. The minimum absolute atomic E-state index is 0.317. The molecular formula is C23H40O. The van der Waals surface area contributed by atoms with Crippen molar-refractivity contribution in [1.29, 1.82) is 0 Å². The van der Waals surface area contributed by atoms with E-state index in [0.29, 0.717) is 22.5 Å². The van der Waals surface area contributed by atoms with Crippen LogP contribution in [-0.4, -0.2) is 5.78 Å². The van der Waals surface area contributed by atoms with E-state index >= 15 is 0 Å². The van der Waals surface area contributed by atoms with Crippen molar-refractivity contribution in [2.45, 2.75) is 98.8 Å². The second-order valence-corrected chi connectivity index (χ2v) is 9.68. The number of carbonyl (C=O) groups is 1. The SMILES string of the molecule is CCCC1(CC)C(CC)CCC2C3CCC(C(C)=O)C3(C)CCC21. The van der Waals surface area contributed by atoms with Crippen LogP contribution in [0.3, 0.4) is 0 Å². The average molecular weight is 333 g/mol. The largest absolute Gasteiger partial charge is 0.300 e. The van der Waals surface area contributed by atoms with Gasteiger partial charge in [-0.05, 0) is 92.8 Å². The molecule has 0 heterocycles. The summed E-state index contributed by atoms with van der Waals surface area (Å²) in [5, 5.41) is 0. The molecule has 138 valence electrons. The predicted octanol–water partition coefficient (Wildman–Crippen LogP) is 6.65. The highest BCUT2D eigenvalue weighted by Crippen LogP contribution is 2.67. The molecule has 3 aliphatic rings. The Labute approximate surface area is 150 Å². The maximum absolute atomic E-state index is 12.3. The molecule has 7 atom stereocenters. The molecule has 3 rings (SSSR count). The van der Waals surface area contributed by atoms with Gasteiger partial charge in [-0.1, -0.05) is 40.5 Å². The first-order valence-electron chi connectivity index (χ1n) is 10.9. The standard InChI is InChI=1S/C23H40O/c1-6-14-23(8-3)17(7-2)9-10-18-20-12-11-19(16(4)24)22(20,5)15-13-21(18)23/h17-21H,6-15H2,1-5H3. The monoisotopic (exact) mass is 332 g/mol. The number of carbonyl (C=O) groups excluding carboxylic acids is 1. The van der Waals surface area contributed by atoms with Crippen LogP contribution in [0.1, 0.15) is 98.8 Å². The Morgan fingerprint density at radius 2 is 1.75 bits per heavy atom. The third-order valence-electron chi connectivity index (χ3n) is 9.19. The lowest BCUT2D eigenvalue weighted by molar-refractivity contribution is -0.133. The number of Topliss-reactive ketones (excluding diaryl/α,β-unsaturated/α-hetero) is 1. The van der Waals surface area contributed by atoms with E-state index < -0.39 is 0 Å². The van der Waals surface area contributed by atoms with Gasteiger partial charge in [0.25, 0.3) is 0 Å². The van der Waals surface area contributed by atoms with E-state index in [1.54, 1.807) is 0 Å². The van der Waals surface area contributed by atoms with Gasteiger partial charge < -0.3 is 0 Å². The Hall–Kier alpha value is -0.330. The van der Waals surface area contributed by atoms with Crippen molar-refractivity contribution in [3.63, 3.8) is 0 Å². The summed E-state index contributed by atoms with van der Waals surface area (Å²) in [5.41, 5.74) is 0.916. The molecule has 0 spiro atoms. The van der Waals surface area contributed by atoms with Gasteiger partial charge in [0.2, 0.25) is 0 Å². The highest BCUT2D eigenvalue weighted by Gasteiger charge is 2.60. The molecule has 1 nitrogen and oxygen atoms in total. The fraction of sp³-hybridized carbons (Fsp3) is 0.957. The third-order valence-corrected chi connectivity index (χ3v) is 9.19. The van der Waals surface area contributed by atoms with E-state index in [0.717, 1.165) is 23.7 Å². The van der Waals surface area contributed by atoms with Crippen LogP contribution < -0.4 is 0 Å². The highest BCUT2D eigenvalue weighted by molar-refractivity contribution is 5.79. The quantitative estimate of drug-likeness (QED) is 0.550. The molecular weight excluding hydrogens is 292 g/mol. The van der Waals surface area contributed by atoms with Gasteiger partial charge in [0.1, 0.15) is 5.78 Å². The van der Waals surface area contributed by atoms with Gasteiger partial charge in [0, 0.05) is 5.92 Å². The van der Waals surface area contributed by atoms with Crippen molar-refractivity contribution < 1.29 is 4.79 Å². The topological polar surface area (TPSA) is 17.1 Å². The molecule has 3 aliphatic carbocycles. The van der Waals surface area contributed by atoms with E-state index in [9.17, 15) is 4.79 Å². The first-order valence-corrected chi connectivity index (χ1v) is 10.9. The molecule has 0 saturated heterocycles. The predicted molar refractivity (Wildman–Crippen MR) is 102 cm³/mol. The summed E-state index contributed by atoms with van der Waals surface area (Å²) >= 11 is 0. The van der Waals surface area contributed by atoms with Gasteiger partial charge in [-0.2, -0.15) is 0 Å². The smallest absolute Gasteiger partial charge is 0.133 e. The molecule has 1 heteroatoms. The molecule has 7 unspecified atom stereocenters. The van der Waals surface area contributed by atoms with Crippen LogP contribution in [-0.2, 0) is 4.79 Å². The van der Waals surface area contributed by atoms with Crippen molar-refractivity contribution in [3.05, 3.63) is 0 Å².